The van der Waals surface area contributed by atoms with Crippen LogP contribution in [0.4, 0.5) is 17.5 Å². The predicted molar refractivity (Wildman–Crippen MR) is 83.2 cm³/mol. The van der Waals surface area contributed by atoms with Crippen LogP contribution in [0.2, 0.25) is 0 Å². The standard InChI is InChI=1S/C14H17N7/c1-21(2)8-10-6-11(5-9-7-17-20-13(9)10)18-12-3-4-16-14(15)19-12/h3-7H,8H2,1-2H3,(H,17,20)(H3,15,16,18,19). The van der Waals surface area contributed by atoms with Crippen LogP contribution >= 0.6 is 0 Å². The Morgan fingerprint density at radius 3 is 2.95 bits per heavy atom. The molecular formula is C14H17N7. The quantitative estimate of drug-likeness (QED) is 0.675. The van der Waals surface area contributed by atoms with E-state index in [9.17, 15) is 0 Å². The fourth-order valence-electron chi connectivity index (χ4n) is 2.26. The van der Waals surface area contributed by atoms with Gasteiger partial charge in [-0.05, 0) is 37.9 Å². The Morgan fingerprint density at radius 1 is 1.33 bits per heavy atom. The van der Waals surface area contributed by atoms with E-state index in [0.717, 1.165) is 23.1 Å². The van der Waals surface area contributed by atoms with Gasteiger partial charge < -0.3 is 16.0 Å². The van der Waals surface area contributed by atoms with E-state index in [4.69, 9.17) is 5.73 Å². The summed E-state index contributed by atoms with van der Waals surface area (Å²) >= 11 is 0. The number of hydrogen-bond acceptors (Lipinski definition) is 6. The van der Waals surface area contributed by atoms with Crippen LogP contribution < -0.4 is 11.1 Å². The van der Waals surface area contributed by atoms with Gasteiger partial charge in [0.2, 0.25) is 5.95 Å². The Bertz CT molecular complexity index is 763. The minimum atomic E-state index is 0.248. The number of hydrogen-bond donors (Lipinski definition) is 3. The first kappa shape index (κ1) is 13.3. The lowest BCUT2D eigenvalue weighted by atomic mass is 10.1. The molecule has 0 aliphatic heterocycles. The lowest BCUT2D eigenvalue weighted by Crippen LogP contribution is -2.11. The highest BCUT2D eigenvalue weighted by Crippen LogP contribution is 2.25. The van der Waals surface area contributed by atoms with Crippen LogP contribution in [0.5, 0.6) is 0 Å². The van der Waals surface area contributed by atoms with Crippen molar-refractivity contribution in [1.82, 2.24) is 25.1 Å². The van der Waals surface area contributed by atoms with Gasteiger partial charge in [-0.1, -0.05) is 0 Å². The van der Waals surface area contributed by atoms with E-state index < -0.39 is 0 Å². The van der Waals surface area contributed by atoms with Crippen LogP contribution in [-0.4, -0.2) is 39.2 Å². The zero-order chi connectivity index (χ0) is 14.8. The number of nitrogens with one attached hydrogen (secondary N) is 2. The molecule has 0 bridgehead atoms. The van der Waals surface area contributed by atoms with Crippen molar-refractivity contribution in [2.45, 2.75) is 6.54 Å². The van der Waals surface area contributed by atoms with Crippen molar-refractivity contribution < 1.29 is 0 Å². The number of benzene rings is 1. The fourth-order valence-corrected chi connectivity index (χ4v) is 2.26. The number of aromatic amines is 1. The first-order valence-corrected chi connectivity index (χ1v) is 6.58. The smallest absolute Gasteiger partial charge is 0.221 e. The number of H-pyrrole nitrogens is 1. The summed E-state index contributed by atoms with van der Waals surface area (Å²) in [6.45, 7) is 0.820. The van der Waals surface area contributed by atoms with E-state index in [-0.39, 0.29) is 5.95 Å². The molecule has 0 fully saturated rings. The Labute approximate surface area is 122 Å². The molecule has 0 amide bonds. The second-order valence-corrected chi connectivity index (χ2v) is 5.13. The van der Waals surface area contributed by atoms with Gasteiger partial charge in [-0.3, -0.25) is 5.10 Å². The number of aromatic nitrogens is 4. The second kappa shape index (κ2) is 5.37. The highest BCUT2D eigenvalue weighted by Gasteiger charge is 2.08. The summed E-state index contributed by atoms with van der Waals surface area (Å²) in [5.74, 6) is 0.916. The molecule has 1 aromatic carbocycles. The van der Waals surface area contributed by atoms with Crippen molar-refractivity contribution in [3.63, 3.8) is 0 Å². The van der Waals surface area contributed by atoms with Crippen molar-refractivity contribution in [2.75, 3.05) is 25.1 Å². The molecule has 0 radical (unpaired) electrons. The van der Waals surface area contributed by atoms with Gasteiger partial charge in [-0.2, -0.15) is 10.1 Å². The van der Waals surface area contributed by atoms with Gasteiger partial charge >= 0.3 is 0 Å². The first-order chi connectivity index (χ1) is 10.1. The van der Waals surface area contributed by atoms with Crippen LogP contribution in [0.15, 0.2) is 30.6 Å². The Hall–Kier alpha value is -2.67. The van der Waals surface area contributed by atoms with Gasteiger partial charge in [0.05, 0.1) is 11.7 Å². The average molecular weight is 283 g/mol. The monoisotopic (exact) mass is 283 g/mol. The molecule has 0 aliphatic carbocycles. The molecule has 108 valence electrons. The summed E-state index contributed by atoms with van der Waals surface area (Å²) < 4.78 is 0. The third-order valence-corrected chi connectivity index (χ3v) is 3.06. The third-order valence-electron chi connectivity index (χ3n) is 3.06. The first-order valence-electron chi connectivity index (χ1n) is 6.58. The van der Waals surface area contributed by atoms with E-state index >= 15 is 0 Å². The van der Waals surface area contributed by atoms with E-state index in [1.54, 1.807) is 12.3 Å². The molecule has 0 saturated heterocycles. The highest BCUT2D eigenvalue weighted by atomic mass is 15.1. The highest BCUT2D eigenvalue weighted by molar-refractivity contribution is 5.86. The van der Waals surface area contributed by atoms with Gasteiger partial charge in [-0.25, -0.2) is 4.98 Å². The lowest BCUT2D eigenvalue weighted by molar-refractivity contribution is 0.404. The summed E-state index contributed by atoms with van der Waals surface area (Å²) in [6.07, 6.45) is 3.44. The number of nitrogens with two attached hydrogens (primary N) is 1. The molecule has 0 unspecified atom stereocenters. The lowest BCUT2D eigenvalue weighted by Gasteiger charge is -2.13. The van der Waals surface area contributed by atoms with Gasteiger partial charge in [0.25, 0.3) is 0 Å². The van der Waals surface area contributed by atoms with Crippen molar-refractivity contribution in [3.05, 3.63) is 36.2 Å². The molecule has 0 spiro atoms. The maximum Gasteiger partial charge on any atom is 0.221 e. The molecule has 21 heavy (non-hydrogen) atoms. The fraction of sp³-hybridized carbons (Fsp3) is 0.214. The van der Waals surface area contributed by atoms with Crippen molar-refractivity contribution in [2.24, 2.45) is 0 Å². The van der Waals surface area contributed by atoms with E-state index in [1.807, 2.05) is 26.4 Å². The molecule has 0 saturated carbocycles. The molecule has 2 heterocycles. The van der Waals surface area contributed by atoms with E-state index in [0.29, 0.717) is 5.82 Å². The largest absolute Gasteiger partial charge is 0.368 e. The van der Waals surface area contributed by atoms with Crippen LogP contribution in [-0.2, 0) is 6.54 Å². The molecule has 4 N–H and O–H groups in total. The number of anilines is 3. The summed E-state index contributed by atoms with van der Waals surface area (Å²) in [5.41, 5.74) is 8.76. The van der Waals surface area contributed by atoms with Crippen LogP contribution in [0, 0.1) is 0 Å². The summed E-state index contributed by atoms with van der Waals surface area (Å²) in [7, 11) is 4.07. The van der Waals surface area contributed by atoms with E-state index in [2.05, 4.69) is 36.4 Å². The molecular weight excluding hydrogens is 266 g/mol. The maximum absolute atomic E-state index is 5.60. The maximum atomic E-state index is 5.60. The van der Waals surface area contributed by atoms with Crippen LogP contribution in [0.1, 0.15) is 5.56 Å². The van der Waals surface area contributed by atoms with Crippen molar-refractivity contribution in [1.29, 1.82) is 0 Å². The minimum Gasteiger partial charge on any atom is -0.368 e. The molecule has 3 aromatic rings. The normalized spacial score (nSPS) is 11.2. The average Bonchev–Trinajstić information content (AvgIpc) is 2.86. The van der Waals surface area contributed by atoms with E-state index in [1.165, 1.54) is 5.56 Å². The van der Waals surface area contributed by atoms with Gasteiger partial charge in [0.15, 0.2) is 0 Å². The molecule has 0 aliphatic rings. The van der Waals surface area contributed by atoms with Gasteiger partial charge in [0.1, 0.15) is 5.82 Å². The molecule has 3 rings (SSSR count). The molecule has 7 heteroatoms. The summed E-state index contributed by atoms with van der Waals surface area (Å²) in [4.78, 5) is 10.1. The number of nitrogen functional groups attached to an aromatic ring is 1. The molecule has 2 aromatic heterocycles. The van der Waals surface area contributed by atoms with Crippen LogP contribution in [0.3, 0.4) is 0 Å². The van der Waals surface area contributed by atoms with Crippen LogP contribution in [0.25, 0.3) is 10.9 Å². The number of rotatable bonds is 4. The van der Waals surface area contributed by atoms with Crippen molar-refractivity contribution >= 4 is 28.4 Å². The Balaban J connectivity index is 1.98. The number of nitrogens with zero attached hydrogens (tertiary/aromatic N) is 4. The summed E-state index contributed by atoms with van der Waals surface area (Å²) in [5, 5.41) is 11.5. The molecule has 7 nitrogen and oxygen atoms in total. The zero-order valence-electron chi connectivity index (χ0n) is 12.0. The molecule has 0 atom stereocenters. The summed E-state index contributed by atoms with van der Waals surface area (Å²) in [6, 6.07) is 5.89. The zero-order valence-corrected chi connectivity index (χ0v) is 12.0. The topological polar surface area (TPSA) is 95.8 Å². The second-order valence-electron chi connectivity index (χ2n) is 5.13. The third kappa shape index (κ3) is 2.92. The van der Waals surface area contributed by atoms with Gasteiger partial charge in [-0.15, -0.1) is 0 Å². The Kier molecular flexibility index (Phi) is 3.41. The Morgan fingerprint density at radius 2 is 2.19 bits per heavy atom. The number of fused-ring (bicyclic) bond motifs is 1. The predicted octanol–water partition coefficient (Wildman–Crippen LogP) is 1.74. The minimum absolute atomic E-state index is 0.248. The SMILES string of the molecule is CN(C)Cc1cc(Nc2ccnc(N)n2)cc2cn[nH]c12. The van der Waals surface area contributed by atoms with Gasteiger partial charge in [0, 0.05) is 23.8 Å². The van der Waals surface area contributed by atoms with Crippen molar-refractivity contribution in [3.8, 4) is 0 Å².